The number of hydrogen-bond donors (Lipinski definition) is 1. The fourth-order valence-corrected chi connectivity index (χ4v) is 3.31. The van der Waals surface area contributed by atoms with Gasteiger partial charge in [0.1, 0.15) is 5.75 Å². The summed E-state index contributed by atoms with van der Waals surface area (Å²) in [7, 11) is 1.58. The quantitative estimate of drug-likeness (QED) is 0.583. The van der Waals surface area contributed by atoms with Crippen molar-refractivity contribution >= 4 is 17.5 Å². The van der Waals surface area contributed by atoms with Crippen LogP contribution in [0.25, 0.3) is 0 Å². The number of carbonyl (C=O) groups is 2. The van der Waals surface area contributed by atoms with Gasteiger partial charge in [0.05, 0.1) is 20.1 Å². The van der Waals surface area contributed by atoms with Gasteiger partial charge >= 0.3 is 0 Å². The molecule has 0 fully saturated rings. The molecule has 0 bridgehead atoms. The maximum absolute atomic E-state index is 13.4. The van der Waals surface area contributed by atoms with Gasteiger partial charge in [-0.2, -0.15) is 0 Å². The van der Waals surface area contributed by atoms with Crippen LogP contribution in [0.5, 0.6) is 5.75 Å². The predicted octanol–water partition coefficient (Wildman–Crippen LogP) is 4.61. The van der Waals surface area contributed by atoms with E-state index in [0.29, 0.717) is 24.3 Å². The average molecular weight is 417 g/mol. The first-order valence-corrected chi connectivity index (χ1v) is 10.3. The number of carbonyl (C=O) groups excluding carboxylic acids is 2. The van der Waals surface area contributed by atoms with Gasteiger partial charge in [-0.15, -0.1) is 0 Å². The lowest BCUT2D eigenvalue weighted by Gasteiger charge is -2.24. The number of nitrogens with one attached hydrogen (secondary N) is 1. The number of nitrogens with zero attached hydrogens (tertiary/aromatic N) is 1. The number of amides is 2. The predicted molar refractivity (Wildman–Crippen MR) is 123 cm³/mol. The number of benzene rings is 3. The van der Waals surface area contributed by atoms with Crippen LogP contribution in [0.15, 0.2) is 78.9 Å². The first-order valence-electron chi connectivity index (χ1n) is 10.3. The number of anilines is 1. The number of rotatable bonds is 8. The van der Waals surface area contributed by atoms with Gasteiger partial charge in [0.15, 0.2) is 0 Å². The van der Waals surface area contributed by atoms with Crippen molar-refractivity contribution in [1.29, 1.82) is 0 Å². The molecule has 3 aromatic rings. The minimum Gasteiger partial charge on any atom is -0.497 e. The normalized spacial score (nSPS) is 10.6. The molecule has 5 nitrogen and oxygen atoms in total. The Morgan fingerprint density at radius 2 is 1.61 bits per heavy atom. The second kappa shape index (κ2) is 10.4. The highest BCUT2D eigenvalue weighted by molar-refractivity contribution is 6.06. The topological polar surface area (TPSA) is 58.6 Å². The Morgan fingerprint density at radius 1 is 0.903 bits per heavy atom. The molecule has 1 N–H and O–H groups in total. The molecule has 0 unspecified atom stereocenters. The summed E-state index contributed by atoms with van der Waals surface area (Å²) in [6, 6.07) is 24.7. The lowest BCUT2D eigenvalue weighted by molar-refractivity contribution is -0.120. The first kappa shape index (κ1) is 22.1. The summed E-state index contributed by atoms with van der Waals surface area (Å²) in [5, 5.41) is 2.90. The third kappa shape index (κ3) is 6.19. The van der Waals surface area contributed by atoms with E-state index in [9.17, 15) is 9.59 Å². The Kier molecular flexibility index (Phi) is 7.44. The zero-order valence-electron chi connectivity index (χ0n) is 18.2. The van der Waals surface area contributed by atoms with Gasteiger partial charge in [-0.3, -0.25) is 9.59 Å². The maximum Gasteiger partial charge on any atom is 0.258 e. The summed E-state index contributed by atoms with van der Waals surface area (Å²) < 4.78 is 5.28. The SMILES string of the molecule is COc1cccc(C(=O)N(Cc2ccccc2)c2ccc(CC(=O)NC(C)C)cc2)c1. The molecule has 0 aliphatic carbocycles. The third-order valence-electron chi connectivity index (χ3n) is 4.81. The van der Waals surface area contributed by atoms with Crippen molar-refractivity contribution in [3.63, 3.8) is 0 Å². The van der Waals surface area contributed by atoms with E-state index in [2.05, 4.69) is 5.32 Å². The Hall–Kier alpha value is -3.60. The first-order chi connectivity index (χ1) is 15.0. The highest BCUT2D eigenvalue weighted by Crippen LogP contribution is 2.23. The van der Waals surface area contributed by atoms with E-state index in [1.54, 1.807) is 24.1 Å². The summed E-state index contributed by atoms with van der Waals surface area (Å²) >= 11 is 0. The van der Waals surface area contributed by atoms with Crippen molar-refractivity contribution in [3.05, 3.63) is 95.6 Å². The average Bonchev–Trinajstić information content (AvgIpc) is 2.78. The molecule has 0 aromatic heterocycles. The summed E-state index contributed by atoms with van der Waals surface area (Å²) in [4.78, 5) is 27.2. The van der Waals surface area contributed by atoms with Crippen LogP contribution < -0.4 is 15.0 Å². The lowest BCUT2D eigenvalue weighted by Crippen LogP contribution is -2.31. The molecule has 31 heavy (non-hydrogen) atoms. The Bertz CT molecular complexity index is 1010. The molecule has 2 amide bonds. The van der Waals surface area contributed by atoms with E-state index in [-0.39, 0.29) is 17.9 Å². The molecule has 0 atom stereocenters. The summed E-state index contributed by atoms with van der Waals surface area (Å²) in [5.74, 6) is 0.501. The van der Waals surface area contributed by atoms with Crippen molar-refractivity contribution in [2.24, 2.45) is 0 Å². The fraction of sp³-hybridized carbons (Fsp3) is 0.231. The van der Waals surface area contributed by atoms with Crippen molar-refractivity contribution in [2.45, 2.75) is 32.9 Å². The van der Waals surface area contributed by atoms with Crippen LogP contribution in [-0.4, -0.2) is 25.0 Å². The van der Waals surface area contributed by atoms with Crippen molar-refractivity contribution in [3.8, 4) is 5.75 Å². The van der Waals surface area contributed by atoms with Gasteiger partial charge in [0.2, 0.25) is 5.91 Å². The number of hydrogen-bond acceptors (Lipinski definition) is 3. The molecule has 3 rings (SSSR count). The summed E-state index contributed by atoms with van der Waals surface area (Å²) in [5.41, 5.74) is 3.25. The third-order valence-corrected chi connectivity index (χ3v) is 4.81. The minimum absolute atomic E-state index is 0.0173. The molecule has 0 aliphatic heterocycles. The maximum atomic E-state index is 13.4. The molecule has 0 aliphatic rings. The van der Waals surface area contributed by atoms with Crippen LogP contribution in [0, 0.1) is 0 Å². The molecule has 0 saturated heterocycles. The molecular formula is C26H28N2O3. The zero-order valence-corrected chi connectivity index (χ0v) is 18.2. The molecule has 5 heteroatoms. The fourth-order valence-electron chi connectivity index (χ4n) is 3.31. The second-order valence-corrected chi connectivity index (χ2v) is 7.67. The summed E-state index contributed by atoms with van der Waals surface area (Å²) in [6.07, 6.45) is 0.307. The second-order valence-electron chi connectivity index (χ2n) is 7.67. The molecule has 0 radical (unpaired) electrons. The van der Waals surface area contributed by atoms with E-state index in [1.165, 1.54) is 0 Å². The van der Waals surface area contributed by atoms with Gasteiger partial charge < -0.3 is 15.0 Å². The van der Waals surface area contributed by atoms with Gasteiger partial charge in [-0.25, -0.2) is 0 Å². The van der Waals surface area contributed by atoms with Gasteiger partial charge in [-0.05, 0) is 55.3 Å². The largest absolute Gasteiger partial charge is 0.497 e. The molecule has 0 spiro atoms. The van der Waals surface area contributed by atoms with Crippen LogP contribution in [0.1, 0.15) is 35.3 Å². The molecular weight excluding hydrogens is 388 g/mol. The van der Waals surface area contributed by atoms with Crippen LogP contribution in [-0.2, 0) is 17.8 Å². The van der Waals surface area contributed by atoms with Crippen LogP contribution >= 0.6 is 0 Å². The van der Waals surface area contributed by atoms with E-state index in [1.807, 2.05) is 80.6 Å². The molecule has 160 valence electrons. The highest BCUT2D eigenvalue weighted by atomic mass is 16.5. The minimum atomic E-state index is -0.118. The molecule has 0 heterocycles. The van der Waals surface area contributed by atoms with E-state index < -0.39 is 0 Å². The van der Waals surface area contributed by atoms with Crippen molar-refractivity contribution < 1.29 is 14.3 Å². The van der Waals surface area contributed by atoms with Crippen LogP contribution in [0.3, 0.4) is 0 Å². The molecule has 0 saturated carbocycles. The van der Waals surface area contributed by atoms with Gasteiger partial charge in [0.25, 0.3) is 5.91 Å². The van der Waals surface area contributed by atoms with E-state index in [4.69, 9.17) is 4.74 Å². The zero-order chi connectivity index (χ0) is 22.2. The monoisotopic (exact) mass is 416 g/mol. The van der Waals surface area contributed by atoms with Gasteiger partial charge in [-0.1, -0.05) is 48.5 Å². The van der Waals surface area contributed by atoms with Crippen LogP contribution in [0.2, 0.25) is 0 Å². The standard InChI is InChI=1S/C26H28N2O3/c1-19(2)27-25(29)16-20-12-14-23(15-13-20)28(18-21-8-5-4-6-9-21)26(30)22-10-7-11-24(17-22)31-3/h4-15,17,19H,16,18H2,1-3H3,(H,27,29). The Morgan fingerprint density at radius 3 is 2.26 bits per heavy atom. The number of ether oxygens (including phenoxy) is 1. The van der Waals surface area contributed by atoms with E-state index in [0.717, 1.165) is 16.8 Å². The van der Waals surface area contributed by atoms with Crippen LogP contribution in [0.4, 0.5) is 5.69 Å². The van der Waals surface area contributed by atoms with Gasteiger partial charge in [0, 0.05) is 17.3 Å². The molecule has 3 aromatic carbocycles. The Balaban J connectivity index is 1.87. The van der Waals surface area contributed by atoms with E-state index >= 15 is 0 Å². The lowest BCUT2D eigenvalue weighted by atomic mass is 10.1. The Labute approximate surface area is 183 Å². The summed E-state index contributed by atoms with van der Waals surface area (Å²) in [6.45, 7) is 4.31. The smallest absolute Gasteiger partial charge is 0.258 e. The highest BCUT2D eigenvalue weighted by Gasteiger charge is 2.19. The van der Waals surface area contributed by atoms with Crippen molar-refractivity contribution in [2.75, 3.05) is 12.0 Å². The van der Waals surface area contributed by atoms with Crippen molar-refractivity contribution in [1.82, 2.24) is 5.32 Å². The number of methoxy groups -OCH3 is 1.